The van der Waals surface area contributed by atoms with Gasteiger partial charge in [0.25, 0.3) is 0 Å². The largest absolute Gasteiger partial charge is 0.368 e. The van der Waals surface area contributed by atoms with Crippen LogP contribution >= 0.6 is 0 Å². The molecule has 1 saturated heterocycles. The second kappa shape index (κ2) is 9.50. The topological polar surface area (TPSA) is 71.1 Å². The highest BCUT2D eigenvalue weighted by Gasteiger charge is 2.26. The monoisotopic (exact) mass is 444 g/mol. The number of amides is 1. The van der Waals surface area contributed by atoms with Crippen LogP contribution in [0.2, 0.25) is 0 Å². The molecule has 1 atom stereocenters. The molecule has 0 bridgehead atoms. The number of hydrogen-bond donors (Lipinski definition) is 1. The number of imidazole rings is 1. The number of H-pyrrole nitrogens is 1. The molecule has 2 aromatic carbocycles. The molecule has 6 nitrogen and oxygen atoms in total. The van der Waals surface area contributed by atoms with Gasteiger partial charge in [0.15, 0.2) is 0 Å². The summed E-state index contributed by atoms with van der Waals surface area (Å²) >= 11 is 0. The fourth-order valence-corrected chi connectivity index (χ4v) is 4.18. The van der Waals surface area contributed by atoms with E-state index >= 15 is 0 Å². The molecule has 0 unspecified atom stereocenters. The van der Waals surface area contributed by atoms with Crippen molar-refractivity contribution in [3.63, 3.8) is 0 Å². The first-order valence-corrected chi connectivity index (χ1v) is 11.2. The van der Waals surface area contributed by atoms with Crippen LogP contribution in [-0.4, -0.2) is 45.5 Å². The van der Waals surface area contributed by atoms with E-state index in [4.69, 9.17) is 9.72 Å². The van der Waals surface area contributed by atoms with Crippen LogP contribution in [0.4, 0.5) is 4.39 Å². The fourth-order valence-electron chi connectivity index (χ4n) is 4.18. The van der Waals surface area contributed by atoms with Gasteiger partial charge < -0.3 is 14.6 Å². The summed E-state index contributed by atoms with van der Waals surface area (Å²) in [6, 6.07) is 20.3. The lowest BCUT2D eigenvalue weighted by atomic mass is 10.1. The molecule has 7 heteroatoms. The normalized spacial score (nSPS) is 16.3. The third-order valence-corrected chi connectivity index (χ3v) is 5.92. The number of para-hydroxylation sites is 2. The van der Waals surface area contributed by atoms with E-state index in [-0.39, 0.29) is 17.8 Å². The molecule has 0 saturated carbocycles. The summed E-state index contributed by atoms with van der Waals surface area (Å²) in [7, 11) is 0. The van der Waals surface area contributed by atoms with E-state index in [0.29, 0.717) is 44.5 Å². The number of carbonyl (C=O) groups is 1. The minimum absolute atomic E-state index is 0.0752. The number of carbonyl (C=O) groups excluding carboxylic acids is 1. The zero-order valence-electron chi connectivity index (χ0n) is 18.2. The molecule has 2 aromatic heterocycles. The van der Waals surface area contributed by atoms with Crippen molar-refractivity contribution in [1.82, 2.24) is 19.9 Å². The Labute approximate surface area is 191 Å². The Hall–Kier alpha value is -3.58. The van der Waals surface area contributed by atoms with Crippen LogP contribution in [0.5, 0.6) is 0 Å². The maximum atomic E-state index is 14.0. The molecular formula is C26H25FN4O2. The lowest BCUT2D eigenvalue weighted by molar-refractivity contribution is -0.139. The summed E-state index contributed by atoms with van der Waals surface area (Å²) in [6.45, 7) is 1.47. The van der Waals surface area contributed by atoms with Crippen LogP contribution in [0, 0.1) is 5.82 Å². The number of fused-ring (bicyclic) bond motifs is 1. The van der Waals surface area contributed by atoms with E-state index in [9.17, 15) is 9.18 Å². The number of aromatic nitrogens is 3. The van der Waals surface area contributed by atoms with E-state index in [1.165, 1.54) is 6.07 Å². The van der Waals surface area contributed by atoms with Crippen LogP contribution in [-0.2, 0) is 22.4 Å². The van der Waals surface area contributed by atoms with Crippen molar-refractivity contribution >= 4 is 16.9 Å². The second-order valence-electron chi connectivity index (χ2n) is 8.22. The van der Waals surface area contributed by atoms with Gasteiger partial charge in [0, 0.05) is 31.5 Å². The van der Waals surface area contributed by atoms with Crippen molar-refractivity contribution in [1.29, 1.82) is 0 Å². The Kier molecular flexibility index (Phi) is 6.13. The van der Waals surface area contributed by atoms with Gasteiger partial charge in [0.2, 0.25) is 5.91 Å². The number of nitrogens with one attached hydrogen (secondary N) is 1. The molecule has 0 aliphatic carbocycles. The van der Waals surface area contributed by atoms with Gasteiger partial charge in [-0.3, -0.25) is 9.78 Å². The first-order chi connectivity index (χ1) is 16.2. The molecule has 0 spiro atoms. The maximum Gasteiger partial charge on any atom is 0.223 e. The van der Waals surface area contributed by atoms with Crippen LogP contribution < -0.4 is 0 Å². The molecule has 1 N–H and O–H groups in total. The molecule has 33 heavy (non-hydrogen) atoms. The Morgan fingerprint density at radius 1 is 1.06 bits per heavy atom. The van der Waals surface area contributed by atoms with Crippen LogP contribution in [0.3, 0.4) is 0 Å². The second-order valence-corrected chi connectivity index (χ2v) is 8.22. The lowest BCUT2D eigenvalue weighted by Gasteiger charge is -2.33. The Morgan fingerprint density at radius 3 is 2.79 bits per heavy atom. The van der Waals surface area contributed by atoms with Gasteiger partial charge in [-0.15, -0.1) is 0 Å². The number of nitrogens with zero attached hydrogens (tertiary/aromatic N) is 3. The van der Waals surface area contributed by atoms with Crippen molar-refractivity contribution in [3.05, 3.63) is 95.3 Å². The van der Waals surface area contributed by atoms with E-state index in [0.717, 1.165) is 28.2 Å². The van der Waals surface area contributed by atoms with E-state index in [1.54, 1.807) is 12.1 Å². The molecular weight excluding hydrogens is 419 g/mol. The summed E-state index contributed by atoms with van der Waals surface area (Å²) in [5.41, 5.74) is 4.03. The third kappa shape index (κ3) is 4.93. The zero-order valence-corrected chi connectivity index (χ0v) is 18.2. The molecule has 1 aliphatic heterocycles. The highest BCUT2D eigenvalue weighted by Crippen LogP contribution is 2.23. The summed E-state index contributed by atoms with van der Waals surface area (Å²) in [5, 5.41) is 0. The van der Waals surface area contributed by atoms with Gasteiger partial charge in [-0.2, -0.15) is 0 Å². The minimum Gasteiger partial charge on any atom is -0.368 e. The van der Waals surface area contributed by atoms with Gasteiger partial charge in [0.05, 0.1) is 29.9 Å². The van der Waals surface area contributed by atoms with Gasteiger partial charge in [0.1, 0.15) is 17.7 Å². The Bertz CT molecular complexity index is 1240. The van der Waals surface area contributed by atoms with Crippen molar-refractivity contribution < 1.29 is 13.9 Å². The highest BCUT2D eigenvalue weighted by molar-refractivity contribution is 5.77. The number of aryl methyl sites for hydroxylation is 1. The average molecular weight is 445 g/mol. The SMILES string of the molecule is O=C(CCc1nc2ccccc2[nH]1)N1CCO[C@H](c2cccc(Cc3ccccc3F)n2)C1. The summed E-state index contributed by atoms with van der Waals surface area (Å²) in [5.74, 6) is 0.656. The number of benzene rings is 2. The highest BCUT2D eigenvalue weighted by atomic mass is 19.1. The van der Waals surface area contributed by atoms with Gasteiger partial charge in [-0.25, -0.2) is 9.37 Å². The first-order valence-electron chi connectivity index (χ1n) is 11.2. The average Bonchev–Trinajstić information content (AvgIpc) is 3.27. The molecule has 4 aromatic rings. The third-order valence-electron chi connectivity index (χ3n) is 5.92. The summed E-state index contributed by atoms with van der Waals surface area (Å²) in [6.07, 6.45) is 1.06. The lowest BCUT2D eigenvalue weighted by Crippen LogP contribution is -2.42. The summed E-state index contributed by atoms with van der Waals surface area (Å²) < 4.78 is 19.9. The molecule has 0 radical (unpaired) electrons. The fraction of sp³-hybridized carbons (Fsp3) is 0.269. The zero-order chi connectivity index (χ0) is 22.6. The first kappa shape index (κ1) is 21.3. The number of aromatic amines is 1. The van der Waals surface area contributed by atoms with Crippen LogP contribution in [0.25, 0.3) is 11.0 Å². The van der Waals surface area contributed by atoms with Crippen molar-refractivity contribution in [2.75, 3.05) is 19.7 Å². The van der Waals surface area contributed by atoms with E-state index in [2.05, 4.69) is 9.97 Å². The number of morpholine rings is 1. The molecule has 1 aliphatic rings. The molecule has 1 amide bonds. The Balaban J connectivity index is 1.22. The quantitative estimate of drug-likeness (QED) is 0.483. The predicted molar refractivity (Wildman–Crippen MR) is 123 cm³/mol. The van der Waals surface area contributed by atoms with E-state index < -0.39 is 0 Å². The number of ether oxygens (including phenoxy) is 1. The maximum absolute atomic E-state index is 14.0. The van der Waals surface area contributed by atoms with Crippen LogP contribution in [0.15, 0.2) is 66.7 Å². The van der Waals surface area contributed by atoms with Gasteiger partial charge in [-0.05, 0) is 35.9 Å². The minimum atomic E-state index is -0.297. The van der Waals surface area contributed by atoms with Crippen molar-refractivity contribution in [2.24, 2.45) is 0 Å². The molecule has 1 fully saturated rings. The van der Waals surface area contributed by atoms with Crippen molar-refractivity contribution in [3.8, 4) is 0 Å². The van der Waals surface area contributed by atoms with Gasteiger partial charge >= 0.3 is 0 Å². The number of rotatable bonds is 6. The van der Waals surface area contributed by atoms with Crippen LogP contribution in [0.1, 0.15) is 35.3 Å². The van der Waals surface area contributed by atoms with E-state index in [1.807, 2.05) is 53.4 Å². The molecule has 168 valence electrons. The number of halogens is 1. The number of hydrogen-bond acceptors (Lipinski definition) is 4. The summed E-state index contributed by atoms with van der Waals surface area (Å²) in [4.78, 5) is 27.2. The molecule has 3 heterocycles. The predicted octanol–water partition coefficient (Wildman–Crippen LogP) is 4.22. The standard InChI is InChI=1S/C26H25FN4O2/c27-20-8-2-1-6-18(20)16-19-7-5-11-23(28-19)24-17-31(14-15-33-24)26(32)13-12-25-29-21-9-3-4-10-22(21)30-25/h1-11,24H,12-17H2,(H,29,30)/t24-/m0/s1. The Morgan fingerprint density at radius 2 is 1.91 bits per heavy atom. The molecule has 5 rings (SSSR count). The smallest absolute Gasteiger partial charge is 0.223 e. The number of pyridine rings is 1. The van der Waals surface area contributed by atoms with Gasteiger partial charge in [-0.1, -0.05) is 36.4 Å². The van der Waals surface area contributed by atoms with Crippen molar-refractivity contribution in [2.45, 2.75) is 25.4 Å².